The largest absolute Gasteiger partial charge is 0.484 e. The standard InChI is InChI=1S/C46H43N5O7/c52-42-26-34(46(56)57)22-29-12-16-36(17-13-29)58-28-43(53)49-40(24-31-18-20-47-21-19-31)44(54)51-41(23-30-10-14-33(15-11-30)32-6-2-1-3-7-32)45(55)50-39(42)25-35-27-48-38-9-5-4-8-37(35)38/h1-21,27,34,39-41,48H,22-26,28H2,(H,49,53)(H,50,55)(H,51,54)(H,56,57)/t34-,39-,40-,41+/m0/s1. The van der Waals surface area contributed by atoms with Gasteiger partial charge in [0.05, 0.1) is 12.0 Å². The van der Waals surface area contributed by atoms with Crippen LogP contribution in [-0.4, -0.2) is 69.3 Å². The highest BCUT2D eigenvalue weighted by atomic mass is 16.5. The molecule has 0 spiro atoms. The highest BCUT2D eigenvalue weighted by Gasteiger charge is 2.33. The molecule has 4 atom stereocenters. The number of nitrogens with one attached hydrogen (secondary N) is 4. The fourth-order valence-corrected chi connectivity index (χ4v) is 7.21. The molecule has 6 aromatic rings. The van der Waals surface area contributed by atoms with Crippen LogP contribution < -0.4 is 20.7 Å². The van der Waals surface area contributed by atoms with E-state index in [-0.39, 0.29) is 32.1 Å². The number of carbonyl (C=O) groups is 5. The van der Waals surface area contributed by atoms with Crippen LogP contribution in [0.2, 0.25) is 0 Å². The number of Topliss-reactive ketones (excluding diaryl/α,β-unsaturated/α-hetero) is 1. The molecule has 4 heterocycles. The minimum absolute atomic E-state index is 0.0456. The number of aromatic nitrogens is 2. The summed E-state index contributed by atoms with van der Waals surface area (Å²) in [6, 6.07) is 31.6. The summed E-state index contributed by atoms with van der Waals surface area (Å²) in [6.07, 6.45) is 4.84. The van der Waals surface area contributed by atoms with Gasteiger partial charge in [0.2, 0.25) is 11.8 Å². The van der Waals surface area contributed by atoms with E-state index in [1.165, 1.54) is 0 Å². The van der Waals surface area contributed by atoms with Gasteiger partial charge in [0, 0.05) is 55.2 Å². The summed E-state index contributed by atoms with van der Waals surface area (Å²) in [7, 11) is 0. The summed E-state index contributed by atoms with van der Waals surface area (Å²) in [5, 5.41) is 19.7. The van der Waals surface area contributed by atoms with Crippen molar-refractivity contribution in [1.82, 2.24) is 25.9 Å². The van der Waals surface area contributed by atoms with Crippen LogP contribution in [0, 0.1) is 5.92 Å². The van der Waals surface area contributed by atoms with Crippen LogP contribution in [-0.2, 0) is 49.7 Å². The first-order chi connectivity index (χ1) is 28.2. The Kier molecular flexibility index (Phi) is 12.3. The van der Waals surface area contributed by atoms with E-state index in [0.29, 0.717) is 11.3 Å². The number of para-hydroxylation sites is 1. The van der Waals surface area contributed by atoms with Gasteiger partial charge in [0.1, 0.15) is 17.8 Å². The summed E-state index contributed by atoms with van der Waals surface area (Å²) in [5.74, 6) is -4.19. The molecule has 5 N–H and O–H groups in total. The molecule has 58 heavy (non-hydrogen) atoms. The smallest absolute Gasteiger partial charge is 0.307 e. The van der Waals surface area contributed by atoms with Gasteiger partial charge in [-0.2, -0.15) is 0 Å². The van der Waals surface area contributed by atoms with Gasteiger partial charge in [-0.05, 0) is 70.1 Å². The summed E-state index contributed by atoms with van der Waals surface area (Å²) < 4.78 is 5.72. The molecule has 0 saturated heterocycles. The number of carboxylic acid groups (broad SMARTS) is 1. The molecular formula is C46H43N5O7. The molecule has 0 saturated carbocycles. The lowest BCUT2D eigenvalue weighted by Gasteiger charge is -2.26. The average molecular weight is 778 g/mol. The van der Waals surface area contributed by atoms with Gasteiger partial charge in [-0.1, -0.05) is 84.9 Å². The Hall–Kier alpha value is -7.08. The third kappa shape index (κ3) is 10.0. The number of ketones is 1. The van der Waals surface area contributed by atoms with Crippen LogP contribution in [0.4, 0.5) is 0 Å². The van der Waals surface area contributed by atoms with Crippen molar-refractivity contribution in [2.75, 3.05) is 6.61 Å². The third-order valence-corrected chi connectivity index (χ3v) is 10.4. The summed E-state index contributed by atoms with van der Waals surface area (Å²) in [4.78, 5) is 76.2. The number of aromatic amines is 1. The molecule has 8 rings (SSSR count). The van der Waals surface area contributed by atoms with E-state index in [2.05, 4.69) is 25.9 Å². The SMILES string of the molecule is O=C1COc2ccc(cc2)C[C@H](C(=O)O)CC(=O)[C@H](Cc2c[nH]c3ccccc23)NC(=O)[C@@H](Cc2ccc(-c3ccccc3)cc2)NC(=O)[C@H](Cc2ccncc2)N1. The second-order valence-corrected chi connectivity index (χ2v) is 14.5. The van der Waals surface area contributed by atoms with Crippen LogP contribution in [0.15, 0.2) is 134 Å². The zero-order chi connectivity index (χ0) is 40.4. The number of carbonyl (C=O) groups excluding carboxylic acids is 4. The Morgan fingerprint density at radius 1 is 0.655 bits per heavy atom. The second kappa shape index (κ2) is 18.2. The molecule has 3 amide bonds. The van der Waals surface area contributed by atoms with Gasteiger partial charge in [0.25, 0.3) is 5.91 Å². The molecule has 294 valence electrons. The number of pyridine rings is 1. The Morgan fingerprint density at radius 2 is 1.28 bits per heavy atom. The number of ether oxygens (including phenoxy) is 1. The van der Waals surface area contributed by atoms with Crippen molar-refractivity contribution in [2.24, 2.45) is 5.92 Å². The van der Waals surface area contributed by atoms with E-state index in [1.54, 1.807) is 55.0 Å². The molecule has 0 radical (unpaired) electrons. The molecule has 2 aromatic heterocycles. The van der Waals surface area contributed by atoms with E-state index in [0.717, 1.165) is 38.7 Å². The van der Waals surface area contributed by atoms with Crippen LogP contribution in [0.5, 0.6) is 5.75 Å². The number of nitrogens with zero attached hydrogens (tertiary/aromatic N) is 1. The van der Waals surface area contributed by atoms with Gasteiger partial charge in [-0.25, -0.2) is 0 Å². The maximum absolute atomic E-state index is 14.5. The van der Waals surface area contributed by atoms with E-state index in [9.17, 15) is 29.1 Å². The molecule has 2 aliphatic rings. The topological polar surface area (TPSA) is 180 Å². The summed E-state index contributed by atoms with van der Waals surface area (Å²) in [5.41, 5.74) is 5.69. The summed E-state index contributed by atoms with van der Waals surface area (Å²) >= 11 is 0. The fraction of sp³-hybridized carbons (Fsp3) is 0.217. The Morgan fingerprint density at radius 3 is 1.98 bits per heavy atom. The van der Waals surface area contributed by atoms with Gasteiger partial charge >= 0.3 is 5.97 Å². The predicted octanol–water partition coefficient (Wildman–Crippen LogP) is 5.01. The van der Waals surface area contributed by atoms with Gasteiger partial charge in [0.15, 0.2) is 12.4 Å². The molecule has 0 aliphatic carbocycles. The number of fused-ring (bicyclic) bond motifs is 17. The minimum atomic E-state index is -1.20. The molecule has 0 unspecified atom stereocenters. The quantitative estimate of drug-likeness (QED) is 0.134. The number of aliphatic carboxylic acids is 1. The van der Waals surface area contributed by atoms with Crippen molar-refractivity contribution < 1.29 is 33.8 Å². The van der Waals surface area contributed by atoms with E-state index in [1.807, 2.05) is 78.9 Å². The number of benzene rings is 4. The molecule has 12 nitrogen and oxygen atoms in total. The zero-order valence-electron chi connectivity index (χ0n) is 31.6. The maximum Gasteiger partial charge on any atom is 0.307 e. The van der Waals surface area contributed by atoms with Gasteiger partial charge in [-0.3, -0.25) is 29.0 Å². The lowest BCUT2D eigenvalue weighted by molar-refractivity contribution is -0.144. The second-order valence-electron chi connectivity index (χ2n) is 14.5. The van der Waals surface area contributed by atoms with Crippen LogP contribution >= 0.6 is 0 Å². The first-order valence-electron chi connectivity index (χ1n) is 19.1. The predicted molar refractivity (Wildman–Crippen MR) is 218 cm³/mol. The lowest BCUT2D eigenvalue weighted by Crippen LogP contribution is -2.57. The van der Waals surface area contributed by atoms with Crippen molar-refractivity contribution in [3.05, 3.63) is 156 Å². The molecule has 4 aromatic carbocycles. The molecule has 12 heteroatoms. The van der Waals surface area contributed by atoms with E-state index < -0.39 is 60.1 Å². The molecule has 0 fully saturated rings. The zero-order valence-corrected chi connectivity index (χ0v) is 31.6. The number of carboxylic acids is 1. The average Bonchev–Trinajstić information content (AvgIpc) is 3.65. The Balaban J connectivity index is 1.24. The first kappa shape index (κ1) is 39.2. The minimum Gasteiger partial charge on any atom is -0.484 e. The third-order valence-electron chi connectivity index (χ3n) is 10.4. The van der Waals surface area contributed by atoms with Crippen molar-refractivity contribution >= 4 is 40.4 Å². The molecular weight excluding hydrogens is 735 g/mol. The number of hydrogen-bond donors (Lipinski definition) is 5. The van der Waals surface area contributed by atoms with Crippen LogP contribution in [0.1, 0.15) is 28.7 Å². The van der Waals surface area contributed by atoms with Crippen molar-refractivity contribution in [3.8, 4) is 16.9 Å². The van der Waals surface area contributed by atoms with Crippen molar-refractivity contribution in [1.29, 1.82) is 0 Å². The van der Waals surface area contributed by atoms with Gasteiger partial charge in [-0.15, -0.1) is 0 Å². The lowest BCUT2D eigenvalue weighted by atomic mass is 9.90. The number of H-pyrrole nitrogens is 1. The number of amides is 3. The normalized spacial score (nSPS) is 19.5. The molecule has 2 bridgehead atoms. The first-order valence-corrected chi connectivity index (χ1v) is 19.1. The van der Waals surface area contributed by atoms with E-state index >= 15 is 0 Å². The maximum atomic E-state index is 14.5. The number of rotatable bonds is 8. The monoisotopic (exact) mass is 777 g/mol. The Labute approximate surface area is 335 Å². The number of hydrogen-bond acceptors (Lipinski definition) is 7. The highest BCUT2D eigenvalue weighted by molar-refractivity contribution is 5.96. The van der Waals surface area contributed by atoms with E-state index in [4.69, 9.17) is 4.74 Å². The van der Waals surface area contributed by atoms with Crippen LogP contribution in [0.25, 0.3) is 22.0 Å². The van der Waals surface area contributed by atoms with Crippen LogP contribution in [0.3, 0.4) is 0 Å². The van der Waals surface area contributed by atoms with Crippen molar-refractivity contribution in [2.45, 2.75) is 50.2 Å². The fourth-order valence-electron chi connectivity index (χ4n) is 7.21. The highest BCUT2D eigenvalue weighted by Crippen LogP contribution is 2.24. The van der Waals surface area contributed by atoms with Gasteiger partial charge < -0.3 is 30.8 Å². The molecule has 2 aliphatic heterocycles. The Bertz CT molecular complexity index is 2380. The van der Waals surface area contributed by atoms with Crippen molar-refractivity contribution in [3.63, 3.8) is 0 Å². The summed E-state index contributed by atoms with van der Waals surface area (Å²) in [6.45, 7) is -0.404.